The van der Waals surface area contributed by atoms with Gasteiger partial charge in [0.15, 0.2) is 11.5 Å². The summed E-state index contributed by atoms with van der Waals surface area (Å²) >= 11 is 0. The maximum atomic E-state index is 12.4. The maximum absolute atomic E-state index is 12.4. The van der Waals surface area contributed by atoms with Crippen molar-refractivity contribution in [2.45, 2.75) is 0 Å². The van der Waals surface area contributed by atoms with E-state index in [9.17, 15) is 9.59 Å². The number of methoxy groups -OCH3 is 2. The predicted molar refractivity (Wildman–Crippen MR) is 109 cm³/mol. The lowest BCUT2D eigenvalue weighted by Gasteiger charge is -2.17. The van der Waals surface area contributed by atoms with Gasteiger partial charge in [-0.15, -0.1) is 12.4 Å². The number of ether oxygens (including phenoxy) is 4. The molecule has 2 amide bonds. The highest BCUT2D eigenvalue weighted by atomic mass is 35.5. The number of amides is 2. The van der Waals surface area contributed by atoms with Gasteiger partial charge in [0.2, 0.25) is 0 Å². The lowest BCUT2D eigenvalue weighted by atomic mass is 10.1. The van der Waals surface area contributed by atoms with Gasteiger partial charge in [-0.2, -0.15) is 0 Å². The Kier molecular flexibility index (Phi) is 10.5. The molecule has 0 unspecified atom stereocenters. The number of halogens is 1. The van der Waals surface area contributed by atoms with Gasteiger partial charge >= 0.3 is 0 Å². The molecule has 0 fully saturated rings. The molecule has 9 nitrogen and oxygen atoms in total. The number of rotatable bonds is 11. The summed E-state index contributed by atoms with van der Waals surface area (Å²) < 4.78 is 21.2. The summed E-state index contributed by atoms with van der Waals surface area (Å²) in [6.07, 6.45) is 2.97. The number of pyridine rings is 1. The quantitative estimate of drug-likeness (QED) is 0.527. The van der Waals surface area contributed by atoms with Gasteiger partial charge in [-0.25, -0.2) is 0 Å². The Morgan fingerprint density at radius 1 is 1.03 bits per heavy atom. The fourth-order valence-electron chi connectivity index (χ4n) is 2.25. The van der Waals surface area contributed by atoms with Crippen LogP contribution in [0.2, 0.25) is 0 Å². The minimum Gasteiger partial charge on any atom is -0.487 e. The molecule has 3 N–H and O–H groups in total. The molecule has 0 radical (unpaired) electrons. The molecule has 0 bridgehead atoms. The second kappa shape index (κ2) is 12.6. The number of carbonyl (C=O) groups is 2. The van der Waals surface area contributed by atoms with E-state index < -0.39 is 11.8 Å². The monoisotopic (exact) mass is 425 g/mol. The Labute approximate surface area is 174 Å². The Bertz CT molecular complexity index is 804. The van der Waals surface area contributed by atoms with E-state index in [1.165, 1.54) is 18.3 Å². The average molecular weight is 426 g/mol. The van der Waals surface area contributed by atoms with Crippen LogP contribution in [-0.2, 0) is 9.47 Å². The van der Waals surface area contributed by atoms with Crippen LogP contribution in [0.5, 0.6) is 11.5 Å². The van der Waals surface area contributed by atoms with Crippen molar-refractivity contribution >= 4 is 29.9 Å². The molecule has 0 aliphatic heterocycles. The van der Waals surface area contributed by atoms with Crippen molar-refractivity contribution in [1.29, 1.82) is 0 Å². The minimum atomic E-state index is -0.721. The summed E-state index contributed by atoms with van der Waals surface area (Å²) in [4.78, 5) is 28.3. The normalized spacial score (nSPS) is 10.0. The first kappa shape index (κ1) is 24.2. The molecule has 10 heteroatoms. The summed E-state index contributed by atoms with van der Waals surface area (Å²) in [6.45, 7) is 1.20. The fraction of sp³-hybridized carbons (Fsp3) is 0.316. The van der Waals surface area contributed by atoms with E-state index in [1.54, 1.807) is 32.5 Å². The molecule has 2 aromatic rings. The van der Waals surface area contributed by atoms with Crippen molar-refractivity contribution in [3.05, 3.63) is 47.8 Å². The molecule has 0 aliphatic rings. The smallest absolute Gasteiger partial charge is 0.257 e. The van der Waals surface area contributed by atoms with Crippen molar-refractivity contribution in [1.82, 2.24) is 4.98 Å². The number of nitrogens with one attached hydrogen (secondary N) is 1. The summed E-state index contributed by atoms with van der Waals surface area (Å²) in [5.74, 6) is -0.519. The number of carbonyl (C=O) groups excluding carboxylic acids is 2. The highest BCUT2D eigenvalue weighted by Gasteiger charge is 2.18. The molecule has 0 spiro atoms. The van der Waals surface area contributed by atoms with Crippen molar-refractivity contribution in [2.75, 3.05) is 46.0 Å². The number of nitrogens with zero attached hydrogens (tertiary/aromatic N) is 1. The molecule has 0 aliphatic carbocycles. The van der Waals surface area contributed by atoms with Gasteiger partial charge in [0.05, 0.1) is 30.0 Å². The van der Waals surface area contributed by atoms with Gasteiger partial charge in [0.25, 0.3) is 11.8 Å². The van der Waals surface area contributed by atoms with Crippen LogP contribution in [0.25, 0.3) is 0 Å². The summed E-state index contributed by atoms with van der Waals surface area (Å²) in [5.41, 5.74) is 6.10. The largest absolute Gasteiger partial charge is 0.487 e. The van der Waals surface area contributed by atoms with Gasteiger partial charge in [0.1, 0.15) is 13.2 Å². The van der Waals surface area contributed by atoms with E-state index in [-0.39, 0.29) is 36.9 Å². The van der Waals surface area contributed by atoms with Gasteiger partial charge < -0.3 is 30.0 Å². The number of benzene rings is 1. The molecular weight excluding hydrogens is 402 g/mol. The number of aromatic nitrogens is 1. The molecule has 2 rings (SSSR count). The molecule has 1 heterocycles. The first-order valence-corrected chi connectivity index (χ1v) is 8.49. The Balaban J connectivity index is 0.00000420. The van der Waals surface area contributed by atoms with Crippen molar-refractivity contribution in [2.24, 2.45) is 5.73 Å². The van der Waals surface area contributed by atoms with Gasteiger partial charge in [0, 0.05) is 32.7 Å². The zero-order valence-electron chi connectivity index (χ0n) is 16.2. The molecule has 0 saturated heterocycles. The molecule has 158 valence electrons. The summed E-state index contributed by atoms with van der Waals surface area (Å²) in [5, 5.41) is 2.66. The number of anilines is 1. The second-order valence-electron chi connectivity index (χ2n) is 5.59. The summed E-state index contributed by atoms with van der Waals surface area (Å²) in [6, 6.07) is 6.16. The second-order valence-corrected chi connectivity index (χ2v) is 5.59. The molecule has 1 aromatic carbocycles. The van der Waals surface area contributed by atoms with Gasteiger partial charge in [-0.05, 0) is 18.2 Å². The molecule has 0 atom stereocenters. The van der Waals surface area contributed by atoms with E-state index in [4.69, 9.17) is 24.7 Å². The summed E-state index contributed by atoms with van der Waals surface area (Å²) in [7, 11) is 3.10. The van der Waals surface area contributed by atoms with Crippen molar-refractivity contribution in [3.63, 3.8) is 0 Å². The van der Waals surface area contributed by atoms with E-state index in [0.717, 1.165) is 0 Å². The molecule has 0 saturated carbocycles. The third-order valence-electron chi connectivity index (χ3n) is 3.61. The van der Waals surface area contributed by atoms with Crippen LogP contribution < -0.4 is 20.5 Å². The minimum absolute atomic E-state index is 0. The SMILES string of the molecule is COCCOc1cc(NC(=O)c2cccnc2)c(C(N)=O)cc1OCCOC.Cl. The van der Waals surface area contributed by atoms with E-state index in [1.807, 2.05) is 0 Å². The third kappa shape index (κ3) is 7.22. The highest BCUT2D eigenvalue weighted by Crippen LogP contribution is 2.34. The Morgan fingerprint density at radius 3 is 2.17 bits per heavy atom. The first-order valence-electron chi connectivity index (χ1n) is 8.49. The standard InChI is InChI=1S/C19H23N3O6.ClH/c1-25-6-8-27-16-10-14(18(20)23)15(11-17(16)28-9-7-26-2)22-19(24)13-4-3-5-21-12-13;/h3-5,10-12H,6-9H2,1-2H3,(H2,20,23)(H,22,24);1H. The van der Waals surface area contributed by atoms with E-state index in [0.29, 0.717) is 30.3 Å². The van der Waals surface area contributed by atoms with Crippen LogP contribution >= 0.6 is 12.4 Å². The number of hydrogen-bond donors (Lipinski definition) is 2. The Hall–Kier alpha value is -2.88. The zero-order valence-corrected chi connectivity index (χ0v) is 17.0. The van der Waals surface area contributed by atoms with Crippen LogP contribution in [0.4, 0.5) is 5.69 Å². The van der Waals surface area contributed by atoms with Crippen molar-refractivity contribution < 1.29 is 28.5 Å². The molecule has 29 heavy (non-hydrogen) atoms. The third-order valence-corrected chi connectivity index (χ3v) is 3.61. The van der Waals surface area contributed by atoms with Crippen LogP contribution in [0.3, 0.4) is 0 Å². The first-order chi connectivity index (χ1) is 13.6. The average Bonchev–Trinajstić information content (AvgIpc) is 2.70. The van der Waals surface area contributed by atoms with Gasteiger partial charge in [-0.1, -0.05) is 0 Å². The topological polar surface area (TPSA) is 122 Å². The van der Waals surface area contributed by atoms with Crippen LogP contribution in [-0.4, -0.2) is 57.4 Å². The zero-order chi connectivity index (χ0) is 20.4. The lowest BCUT2D eigenvalue weighted by molar-refractivity contribution is 0.1000. The maximum Gasteiger partial charge on any atom is 0.257 e. The predicted octanol–water partition coefficient (Wildman–Crippen LogP) is 1.90. The van der Waals surface area contributed by atoms with Crippen LogP contribution in [0.1, 0.15) is 20.7 Å². The molecule has 1 aromatic heterocycles. The van der Waals surface area contributed by atoms with E-state index >= 15 is 0 Å². The Morgan fingerprint density at radius 2 is 1.66 bits per heavy atom. The number of nitrogens with two attached hydrogens (primary N) is 1. The van der Waals surface area contributed by atoms with Crippen LogP contribution in [0.15, 0.2) is 36.7 Å². The lowest BCUT2D eigenvalue weighted by Crippen LogP contribution is -2.19. The molecular formula is C19H24ClN3O6. The van der Waals surface area contributed by atoms with Crippen LogP contribution in [0, 0.1) is 0 Å². The number of primary amides is 1. The van der Waals surface area contributed by atoms with Gasteiger partial charge in [-0.3, -0.25) is 14.6 Å². The van der Waals surface area contributed by atoms with Crippen molar-refractivity contribution in [3.8, 4) is 11.5 Å². The van der Waals surface area contributed by atoms with E-state index in [2.05, 4.69) is 10.3 Å². The number of hydrogen-bond acceptors (Lipinski definition) is 7. The fourth-order valence-corrected chi connectivity index (χ4v) is 2.25. The highest BCUT2D eigenvalue weighted by molar-refractivity contribution is 6.09.